The summed E-state index contributed by atoms with van der Waals surface area (Å²) in [6, 6.07) is 7.70. The molecule has 1 aliphatic rings. The van der Waals surface area contributed by atoms with Crippen molar-refractivity contribution in [1.82, 2.24) is 4.90 Å². The van der Waals surface area contributed by atoms with Crippen molar-refractivity contribution < 1.29 is 9.90 Å². The molecule has 5 heteroatoms. The van der Waals surface area contributed by atoms with Crippen LogP contribution in [-0.4, -0.2) is 48.7 Å². The van der Waals surface area contributed by atoms with Gasteiger partial charge >= 0.3 is 5.97 Å². The fraction of sp³-hybridized carbons (Fsp3) is 0.500. The molecule has 0 aliphatic carbocycles. The summed E-state index contributed by atoms with van der Waals surface area (Å²) < 4.78 is 0. The summed E-state index contributed by atoms with van der Waals surface area (Å²) in [6.07, 6.45) is 1.96. The van der Waals surface area contributed by atoms with Crippen molar-refractivity contribution in [3.8, 4) is 0 Å². The molecule has 0 bridgehead atoms. The number of carbonyl (C=O) groups is 1. The number of hydrogen-bond acceptors (Lipinski definition) is 3. The van der Waals surface area contributed by atoms with Gasteiger partial charge in [-0.15, -0.1) is 0 Å². The van der Waals surface area contributed by atoms with Crippen LogP contribution < -0.4 is 4.90 Å². The van der Waals surface area contributed by atoms with Crippen LogP contribution in [0.3, 0.4) is 0 Å². The van der Waals surface area contributed by atoms with E-state index in [9.17, 15) is 4.79 Å². The largest absolute Gasteiger partial charge is 0.480 e. The smallest absolute Gasteiger partial charge is 0.323 e. The van der Waals surface area contributed by atoms with Crippen molar-refractivity contribution in [2.45, 2.75) is 18.9 Å². The van der Waals surface area contributed by atoms with Gasteiger partial charge in [0.05, 0.1) is 0 Å². The molecule has 1 N–H and O–H groups in total. The van der Waals surface area contributed by atoms with E-state index in [2.05, 4.69) is 11.9 Å². The average molecular weight is 283 g/mol. The van der Waals surface area contributed by atoms with Crippen molar-refractivity contribution in [2.24, 2.45) is 0 Å². The third kappa shape index (κ3) is 3.85. The van der Waals surface area contributed by atoms with Crippen LogP contribution in [0.1, 0.15) is 12.8 Å². The Bertz CT molecular complexity index is 445. The van der Waals surface area contributed by atoms with Gasteiger partial charge in [-0.05, 0) is 51.2 Å². The number of likely N-dealkylation sites (tertiary alicyclic amines) is 1. The Labute approximate surface area is 118 Å². The maximum atomic E-state index is 11.1. The maximum absolute atomic E-state index is 11.1. The average Bonchev–Trinajstić information content (AvgIpc) is 2.37. The van der Waals surface area contributed by atoms with Crippen molar-refractivity contribution in [3.63, 3.8) is 0 Å². The molecule has 0 aromatic heterocycles. The molecule has 0 radical (unpaired) electrons. The predicted octanol–water partition coefficient (Wildman–Crippen LogP) is 2.33. The van der Waals surface area contributed by atoms with Gasteiger partial charge in [-0.1, -0.05) is 17.7 Å². The molecule has 0 saturated carbocycles. The van der Waals surface area contributed by atoms with Crippen LogP contribution in [-0.2, 0) is 4.79 Å². The number of hydrogen-bond donors (Lipinski definition) is 1. The quantitative estimate of drug-likeness (QED) is 0.920. The lowest BCUT2D eigenvalue weighted by Gasteiger charge is -2.38. The van der Waals surface area contributed by atoms with E-state index in [0.29, 0.717) is 5.02 Å². The highest BCUT2D eigenvalue weighted by Crippen LogP contribution is 2.25. The van der Waals surface area contributed by atoms with Gasteiger partial charge in [0.2, 0.25) is 0 Å². The Morgan fingerprint density at radius 2 is 2.16 bits per heavy atom. The molecule has 1 fully saturated rings. The number of aliphatic carboxylic acids is 1. The van der Waals surface area contributed by atoms with Gasteiger partial charge < -0.3 is 14.9 Å². The summed E-state index contributed by atoms with van der Waals surface area (Å²) in [4.78, 5) is 15.3. The van der Waals surface area contributed by atoms with Crippen LogP contribution in [0, 0.1) is 0 Å². The zero-order valence-corrected chi connectivity index (χ0v) is 11.8. The zero-order chi connectivity index (χ0) is 13.8. The van der Waals surface area contributed by atoms with Gasteiger partial charge in [-0.25, -0.2) is 0 Å². The van der Waals surface area contributed by atoms with Gasteiger partial charge in [0.15, 0.2) is 0 Å². The Kier molecular flexibility index (Phi) is 4.66. The lowest BCUT2D eigenvalue weighted by atomic mass is 10.0. The standard InChI is InChI=1S/C14H19ClN2O2/c1-16-7-5-12(6-8-16)17(10-14(18)19)13-4-2-3-11(15)9-13/h2-4,9,12H,5-8,10H2,1H3,(H,18,19). The summed E-state index contributed by atoms with van der Waals surface area (Å²) in [7, 11) is 2.09. The second kappa shape index (κ2) is 6.26. The molecule has 104 valence electrons. The number of halogens is 1. The van der Waals surface area contributed by atoms with Crippen molar-refractivity contribution in [2.75, 3.05) is 31.6 Å². The van der Waals surface area contributed by atoms with E-state index in [0.717, 1.165) is 31.6 Å². The first-order valence-electron chi connectivity index (χ1n) is 6.49. The normalized spacial score (nSPS) is 17.4. The Morgan fingerprint density at radius 1 is 1.47 bits per heavy atom. The molecule has 19 heavy (non-hydrogen) atoms. The van der Waals surface area contributed by atoms with Crippen molar-refractivity contribution in [3.05, 3.63) is 29.3 Å². The minimum atomic E-state index is -0.807. The fourth-order valence-electron chi connectivity index (χ4n) is 2.54. The number of benzene rings is 1. The van der Waals surface area contributed by atoms with E-state index in [1.807, 2.05) is 23.1 Å². The van der Waals surface area contributed by atoms with E-state index in [1.165, 1.54) is 0 Å². The molecular formula is C14H19ClN2O2. The van der Waals surface area contributed by atoms with E-state index in [1.54, 1.807) is 6.07 Å². The van der Waals surface area contributed by atoms with Crippen LogP contribution in [0.25, 0.3) is 0 Å². The van der Waals surface area contributed by atoms with Crippen LogP contribution in [0.4, 0.5) is 5.69 Å². The summed E-state index contributed by atoms with van der Waals surface area (Å²) in [5.74, 6) is -0.807. The van der Waals surface area contributed by atoms with Crippen LogP contribution in [0.2, 0.25) is 5.02 Å². The molecule has 4 nitrogen and oxygen atoms in total. The summed E-state index contributed by atoms with van der Waals surface area (Å²) in [6.45, 7) is 2.03. The molecular weight excluding hydrogens is 264 g/mol. The first-order valence-corrected chi connectivity index (χ1v) is 6.86. The monoisotopic (exact) mass is 282 g/mol. The Hall–Kier alpha value is -1.26. The number of carboxylic acid groups (broad SMARTS) is 1. The van der Waals surface area contributed by atoms with E-state index in [4.69, 9.17) is 16.7 Å². The molecule has 1 aliphatic heterocycles. The Morgan fingerprint density at radius 3 is 2.74 bits per heavy atom. The fourth-order valence-corrected chi connectivity index (χ4v) is 2.72. The summed E-state index contributed by atoms with van der Waals surface area (Å²) in [5.41, 5.74) is 0.893. The minimum absolute atomic E-state index is 0.0225. The number of carboxylic acids is 1. The first kappa shape index (κ1) is 14.2. The molecule has 0 atom stereocenters. The van der Waals surface area contributed by atoms with Gasteiger partial charge in [-0.3, -0.25) is 4.79 Å². The van der Waals surface area contributed by atoms with Crippen LogP contribution in [0.5, 0.6) is 0 Å². The van der Waals surface area contributed by atoms with Crippen LogP contribution >= 0.6 is 11.6 Å². The van der Waals surface area contributed by atoms with Crippen molar-refractivity contribution >= 4 is 23.3 Å². The second-order valence-corrected chi connectivity index (χ2v) is 5.47. The van der Waals surface area contributed by atoms with Crippen LogP contribution in [0.15, 0.2) is 24.3 Å². The van der Waals surface area contributed by atoms with Gasteiger partial charge in [0, 0.05) is 16.8 Å². The van der Waals surface area contributed by atoms with E-state index >= 15 is 0 Å². The molecule has 0 amide bonds. The number of nitrogens with zero attached hydrogens (tertiary/aromatic N) is 2. The second-order valence-electron chi connectivity index (χ2n) is 5.04. The van der Waals surface area contributed by atoms with E-state index < -0.39 is 5.97 Å². The highest BCUT2D eigenvalue weighted by molar-refractivity contribution is 6.30. The Balaban J connectivity index is 2.18. The molecule has 2 rings (SSSR count). The topological polar surface area (TPSA) is 43.8 Å². The predicted molar refractivity (Wildman–Crippen MR) is 77.0 cm³/mol. The van der Waals surface area contributed by atoms with Gasteiger partial charge in [-0.2, -0.15) is 0 Å². The lowest BCUT2D eigenvalue weighted by molar-refractivity contribution is -0.135. The molecule has 1 saturated heterocycles. The van der Waals surface area contributed by atoms with Gasteiger partial charge in [0.1, 0.15) is 6.54 Å². The maximum Gasteiger partial charge on any atom is 0.323 e. The number of piperidine rings is 1. The third-order valence-electron chi connectivity index (χ3n) is 3.57. The number of anilines is 1. The molecule has 0 unspecified atom stereocenters. The first-order chi connectivity index (χ1) is 9.06. The lowest BCUT2D eigenvalue weighted by Crippen LogP contribution is -2.45. The molecule has 0 spiro atoms. The number of rotatable bonds is 4. The molecule has 1 aromatic rings. The third-order valence-corrected chi connectivity index (χ3v) is 3.81. The van der Waals surface area contributed by atoms with Gasteiger partial charge in [0.25, 0.3) is 0 Å². The molecule has 1 heterocycles. The molecule has 1 aromatic carbocycles. The zero-order valence-electron chi connectivity index (χ0n) is 11.1. The minimum Gasteiger partial charge on any atom is -0.480 e. The highest BCUT2D eigenvalue weighted by atomic mass is 35.5. The SMILES string of the molecule is CN1CCC(N(CC(=O)O)c2cccc(Cl)c2)CC1. The van der Waals surface area contributed by atoms with Crippen molar-refractivity contribution in [1.29, 1.82) is 0 Å². The highest BCUT2D eigenvalue weighted by Gasteiger charge is 2.25. The summed E-state index contributed by atoms with van der Waals surface area (Å²) >= 11 is 6.01. The van der Waals surface area contributed by atoms with E-state index in [-0.39, 0.29) is 12.6 Å². The summed E-state index contributed by atoms with van der Waals surface area (Å²) in [5, 5.41) is 9.75.